The summed E-state index contributed by atoms with van der Waals surface area (Å²) in [5, 5.41) is 0. The molecule has 1 atom stereocenters. The smallest absolute Gasteiger partial charge is 0.410 e. The highest BCUT2D eigenvalue weighted by Crippen LogP contribution is 2.47. The molecule has 4 aliphatic heterocycles. The van der Waals surface area contributed by atoms with Gasteiger partial charge in [-0.1, -0.05) is 17.7 Å². The zero-order valence-electron chi connectivity index (χ0n) is 19.4. The molecule has 1 aliphatic carbocycles. The molecule has 176 valence electrons. The number of hydrogen-bond donors (Lipinski definition) is 0. The monoisotopic (exact) mass is 443 g/mol. The third-order valence-electron chi connectivity index (χ3n) is 8.36. The Kier molecular flexibility index (Phi) is 6.30. The number of fused-ring (bicyclic) bond motifs is 1. The van der Waals surface area contributed by atoms with E-state index in [1.54, 1.807) is 12.5 Å². The van der Waals surface area contributed by atoms with Gasteiger partial charge in [-0.25, -0.2) is 4.79 Å². The summed E-state index contributed by atoms with van der Waals surface area (Å²) in [4.78, 5) is 31.3. The molecule has 0 bridgehead atoms. The second-order valence-corrected chi connectivity index (χ2v) is 10.2. The van der Waals surface area contributed by atoms with Gasteiger partial charge in [0.2, 0.25) is 5.91 Å². The first-order chi connectivity index (χ1) is 15.5. The zero-order chi connectivity index (χ0) is 22.1. The first-order valence-corrected chi connectivity index (χ1v) is 12.5. The lowest BCUT2D eigenvalue weighted by atomic mass is 9.66. The Morgan fingerprint density at radius 2 is 1.88 bits per heavy atom. The standard InChI is InChI=1S/C25H37N3O4/c1-19(29)28-16-20-4-2-3-5-23(20)25(18-28)9-13-26(14-10-25)21-6-11-27(12-7-21)24(30)32-22-8-15-31-17-22/h2,4,21-22H,3,5-18H2,1H3. The first-order valence-electron chi connectivity index (χ1n) is 12.5. The number of carbonyl (C=O) groups excluding carboxylic acids is 2. The molecule has 0 radical (unpaired) electrons. The van der Waals surface area contributed by atoms with Crippen molar-refractivity contribution in [1.82, 2.24) is 14.7 Å². The molecule has 7 heteroatoms. The van der Waals surface area contributed by atoms with E-state index in [1.807, 2.05) is 4.90 Å². The number of piperidine rings is 2. The summed E-state index contributed by atoms with van der Waals surface area (Å²) in [6, 6.07) is 0.540. The van der Waals surface area contributed by atoms with Crippen LogP contribution in [-0.4, -0.2) is 91.3 Å². The molecule has 32 heavy (non-hydrogen) atoms. The van der Waals surface area contributed by atoms with Crippen LogP contribution in [0.4, 0.5) is 4.79 Å². The number of likely N-dealkylation sites (tertiary alicyclic amines) is 2. The summed E-state index contributed by atoms with van der Waals surface area (Å²) in [6.07, 6.45) is 11.7. The van der Waals surface area contributed by atoms with E-state index in [4.69, 9.17) is 9.47 Å². The molecule has 7 nitrogen and oxygen atoms in total. The maximum absolute atomic E-state index is 12.5. The minimum Gasteiger partial charge on any atom is -0.444 e. The van der Waals surface area contributed by atoms with Gasteiger partial charge in [0, 0.05) is 51.0 Å². The maximum Gasteiger partial charge on any atom is 0.410 e. The molecule has 2 amide bonds. The maximum atomic E-state index is 12.5. The molecule has 0 N–H and O–H groups in total. The van der Waals surface area contributed by atoms with Gasteiger partial charge in [-0.15, -0.1) is 0 Å². The third-order valence-corrected chi connectivity index (χ3v) is 8.36. The quantitative estimate of drug-likeness (QED) is 0.657. The average Bonchev–Trinajstić information content (AvgIpc) is 3.33. The van der Waals surface area contributed by atoms with Crippen molar-refractivity contribution in [3.05, 3.63) is 23.3 Å². The van der Waals surface area contributed by atoms with Crippen molar-refractivity contribution in [2.24, 2.45) is 5.41 Å². The van der Waals surface area contributed by atoms with Gasteiger partial charge in [0.15, 0.2) is 0 Å². The van der Waals surface area contributed by atoms with Crippen LogP contribution in [0.15, 0.2) is 23.3 Å². The van der Waals surface area contributed by atoms with Gasteiger partial charge in [-0.3, -0.25) is 4.79 Å². The van der Waals surface area contributed by atoms with E-state index < -0.39 is 0 Å². The van der Waals surface area contributed by atoms with Crippen LogP contribution in [0.5, 0.6) is 0 Å². The molecular formula is C25H37N3O4. The molecule has 0 aromatic carbocycles. The van der Waals surface area contributed by atoms with Crippen molar-refractivity contribution in [2.75, 3.05) is 52.5 Å². The molecule has 0 aromatic heterocycles. The Morgan fingerprint density at radius 1 is 1.09 bits per heavy atom. The lowest BCUT2D eigenvalue weighted by Gasteiger charge is -2.52. The SMILES string of the molecule is CC(=O)N1CC2=C(CCC=C2)C2(CCN(C3CCN(C(=O)OC4CCOC4)CC3)CC2)C1. The number of allylic oxidation sites excluding steroid dienone is 1. The largest absolute Gasteiger partial charge is 0.444 e. The molecule has 1 spiro atoms. The Morgan fingerprint density at radius 3 is 2.56 bits per heavy atom. The number of nitrogens with zero attached hydrogens (tertiary/aromatic N) is 3. The van der Waals surface area contributed by atoms with Crippen molar-refractivity contribution >= 4 is 12.0 Å². The van der Waals surface area contributed by atoms with Gasteiger partial charge in [0.25, 0.3) is 0 Å². The molecular weight excluding hydrogens is 406 g/mol. The summed E-state index contributed by atoms with van der Waals surface area (Å²) >= 11 is 0. The van der Waals surface area contributed by atoms with Gasteiger partial charge in [-0.2, -0.15) is 0 Å². The normalized spacial score (nSPS) is 28.8. The molecule has 3 fully saturated rings. The second kappa shape index (κ2) is 9.18. The fourth-order valence-electron chi connectivity index (χ4n) is 6.43. The van der Waals surface area contributed by atoms with Crippen LogP contribution in [0.3, 0.4) is 0 Å². The van der Waals surface area contributed by atoms with Crippen molar-refractivity contribution in [3.63, 3.8) is 0 Å². The Hall–Kier alpha value is -1.86. The summed E-state index contributed by atoms with van der Waals surface area (Å²) in [7, 11) is 0. The molecule has 5 rings (SSSR count). The van der Waals surface area contributed by atoms with E-state index in [-0.39, 0.29) is 23.5 Å². The Labute approximate surface area is 191 Å². The molecule has 4 heterocycles. The highest BCUT2D eigenvalue weighted by Gasteiger charge is 2.45. The van der Waals surface area contributed by atoms with Gasteiger partial charge in [-0.05, 0) is 57.2 Å². The average molecular weight is 444 g/mol. The van der Waals surface area contributed by atoms with E-state index >= 15 is 0 Å². The number of rotatable bonds is 2. The number of ether oxygens (including phenoxy) is 2. The fourth-order valence-corrected chi connectivity index (χ4v) is 6.43. The number of amides is 2. The van der Waals surface area contributed by atoms with Gasteiger partial charge in [0.05, 0.1) is 13.2 Å². The predicted octanol–water partition coefficient (Wildman–Crippen LogP) is 2.97. The topological polar surface area (TPSA) is 62.3 Å². The van der Waals surface area contributed by atoms with E-state index in [9.17, 15) is 9.59 Å². The van der Waals surface area contributed by atoms with Crippen molar-refractivity contribution in [3.8, 4) is 0 Å². The van der Waals surface area contributed by atoms with Crippen LogP contribution in [0.1, 0.15) is 51.9 Å². The fraction of sp³-hybridized carbons (Fsp3) is 0.760. The van der Waals surface area contributed by atoms with Crippen LogP contribution in [0, 0.1) is 5.41 Å². The van der Waals surface area contributed by atoms with E-state index in [1.165, 1.54) is 5.57 Å². The second-order valence-electron chi connectivity index (χ2n) is 10.2. The molecule has 1 unspecified atom stereocenters. The molecule has 0 saturated carbocycles. The van der Waals surface area contributed by atoms with Crippen LogP contribution < -0.4 is 0 Å². The van der Waals surface area contributed by atoms with E-state index in [2.05, 4.69) is 22.0 Å². The van der Waals surface area contributed by atoms with E-state index in [0.717, 1.165) is 84.2 Å². The number of carbonyl (C=O) groups is 2. The summed E-state index contributed by atoms with van der Waals surface area (Å²) in [5.74, 6) is 0.195. The molecule has 3 saturated heterocycles. The third kappa shape index (κ3) is 4.34. The lowest BCUT2D eigenvalue weighted by Crippen LogP contribution is -2.55. The minimum absolute atomic E-state index is 0.0719. The predicted molar refractivity (Wildman–Crippen MR) is 121 cm³/mol. The molecule has 0 aromatic rings. The summed E-state index contributed by atoms with van der Waals surface area (Å²) in [5.41, 5.74) is 3.19. The van der Waals surface area contributed by atoms with Crippen LogP contribution in [0.25, 0.3) is 0 Å². The highest BCUT2D eigenvalue weighted by molar-refractivity contribution is 5.74. The van der Waals surface area contributed by atoms with Crippen LogP contribution in [-0.2, 0) is 14.3 Å². The Bertz CT molecular complexity index is 785. The van der Waals surface area contributed by atoms with Gasteiger partial charge >= 0.3 is 6.09 Å². The lowest BCUT2D eigenvalue weighted by molar-refractivity contribution is -0.130. The van der Waals surface area contributed by atoms with Gasteiger partial charge in [0.1, 0.15) is 6.10 Å². The summed E-state index contributed by atoms with van der Waals surface area (Å²) in [6.45, 7) is 8.32. The first kappa shape index (κ1) is 22.0. The summed E-state index contributed by atoms with van der Waals surface area (Å²) < 4.78 is 10.9. The van der Waals surface area contributed by atoms with E-state index in [0.29, 0.717) is 19.3 Å². The number of hydrogen-bond acceptors (Lipinski definition) is 5. The van der Waals surface area contributed by atoms with Crippen molar-refractivity contribution in [2.45, 2.75) is 64.0 Å². The van der Waals surface area contributed by atoms with Gasteiger partial charge < -0.3 is 24.2 Å². The van der Waals surface area contributed by atoms with Crippen molar-refractivity contribution < 1.29 is 19.1 Å². The van der Waals surface area contributed by atoms with Crippen molar-refractivity contribution in [1.29, 1.82) is 0 Å². The van der Waals surface area contributed by atoms with Crippen LogP contribution in [0.2, 0.25) is 0 Å². The molecule has 5 aliphatic rings. The minimum atomic E-state index is -0.173. The van der Waals surface area contributed by atoms with Crippen LogP contribution >= 0.6 is 0 Å². The highest BCUT2D eigenvalue weighted by atomic mass is 16.6. The zero-order valence-corrected chi connectivity index (χ0v) is 19.4. The Balaban J connectivity index is 1.17.